The van der Waals surface area contributed by atoms with Crippen LogP contribution in [0, 0.1) is 0 Å². The number of rotatable bonds is 5. The van der Waals surface area contributed by atoms with Crippen molar-refractivity contribution in [2.24, 2.45) is 0 Å². The van der Waals surface area contributed by atoms with Gasteiger partial charge in [-0.3, -0.25) is 4.72 Å². The summed E-state index contributed by atoms with van der Waals surface area (Å²) >= 11 is 0. The molecule has 0 radical (unpaired) electrons. The molecule has 0 fully saturated rings. The smallest absolute Gasteiger partial charge is 0.247 e. The van der Waals surface area contributed by atoms with E-state index in [0.29, 0.717) is 5.75 Å². The summed E-state index contributed by atoms with van der Waals surface area (Å²) in [4.78, 5) is 0. The molecule has 0 aliphatic carbocycles. The Kier molecular flexibility index (Phi) is 4.07. The minimum absolute atomic E-state index is 0.0815. The number of hydrogen-bond acceptors (Lipinski definition) is 6. The summed E-state index contributed by atoms with van der Waals surface area (Å²) in [5, 5.41) is -1.00. The van der Waals surface area contributed by atoms with Crippen molar-refractivity contribution in [3.8, 4) is 5.75 Å². The Morgan fingerprint density at radius 1 is 1.28 bits per heavy atom. The zero-order valence-corrected chi connectivity index (χ0v) is 11.5. The summed E-state index contributed by atoms with van der Waals surface area (Å²) < 4.78 is 52.1. The van der Waals surface area contributed by atoms with Gasteiger partial charge in [-0.25, -0.2) is 16.8 Å². The molecule has 0 aromatic heterocycles. The van der Waals surface area contributed by atoms with Crippen molar-refractivity contribution >= 4 is 31.2 Å². The Morgan fingerprint density at radius 2 is 1.89 bits per heavy atom. The van der Waals surface area contributed by atoms with E-state index in [1.165, 1.54) is 19.2 Å². The number of nitrogens with one attached hydrogen (secondary N) is 1. The second-order valence-corrected chi connectivity index (χ2v) is 7.94. The van der Waals surface area contributed by atoms with Gasteiger partial charge in [-0.05, 0) is 12.1 Å². The van der Waals surface area contributed by atoms with Gasteiger partial charge in [0.25, 0.3) is 0 Å². The lowest BCUT2D eigenvalue weighted by Gasteiger charge is -2.10. The Hall–Kier alpha value is -1.48. The standard InChI is InChI=1S/C9H14N2O5S2/c1-16-7-3-4-8(10)9(5-7)11-18(14,15)6-17(2,12)13/h3-5,11H,6,10H2,1-2H3. The Bertz CT molecular complexity index is 637. The molecule has 0 aliphatic rings. The largest absolute Gasteiger partial charge is 0.497 e. The molecule has 0 saturated heterocycles. The van der Waals surface area contributed by atoms with Crippen LogP contribution in [-0.2, 0) is 19.9 Å². The minimum atomic E-state index is -4.01. The summed E-state index contributed by atoms with van der Waals surface area (Å²) in [7, 11) is -6.25. The second kappa shape index (κ2) is 5.02. The first-order valence-electron chi connectivity index (χ1n) is 4.75. The number of benzene rings is 1. The highest BCUT2D eigenvalue weighted by atomic mass is 32.3. The van der Waals surface area contributed by atoms with Gasteiger partial charge < -0.3 is 10.5 Å². The normalized spacial score (nSPS) is 12.1. The number of sulfone groups is 1. The first-order chi connectivity index (χ1) is 8.13. The molecule has 0 atom stereocenters. The molecule has 0 spiro atoms. The van der Waals surface area contributed by atoms with E-state index in [2.05, 4.69) is 4.72 Å². The van der Waals surface area contributed by atoms with Crippen LogP contribution in [0.15, 0.2) is 18.2 Å². The molecule has 0 bridgehead atoms. The molecule has 1 aromatic carbocycles. The maximum absolute atomic E-state index is 11.6. The third kappa shape index (κ3) is 4.41. The molecule has 9 heteroatoms. The summed E-state index contributed by atoms with van der Waals surface area (Å²) in [5.74, 6) is 0.404. The Balaban J connectivity index is 3.04. The van der Waals surface area contributed by atoms with Crippen LogP contribution in [0.5, 0.6) is 5.75 Å². The van der Waals surface area contributed by atoms with Crippen molar-refractivity contribution < 1.29 is 21.6 Å². The third-order valence-electron chi connectivity index (χ3n) is 1.90. The molecule has 0 amide bonds. The topological polar surface area (TPSA) is 116 Å². The van der Waals surface area contributed by atoms with Crippen molar-refractivity contribution in [1.82, 2.24) is 0 Å². The predicted octanol–water partition coefficient (Wildman–Crippen LogP) is 0.0212. The lowest BCUT2D eigenvalue weighted by Crippen LogP contribution is -2.22. The first-order valence-corrected chi connectivity index (χ1v) is 8.46. The maximum Gasteiger partial charge on any atom is 0.247 e. The molecule has 0 aliphatic heterocycles. The molecule has 1 rings (SSSR count). The van der Waals surface area contributed by atoms with Gasteiger partial charge in [0.15, 0.2) is 14.9 Å². The molecule has 3 N–H and O–H groups in total. The second-order valence-electron chi connectivity index (χ2n) is 3.71. The molecular weight excluding hydrogens is 280 g/mol. The maximum atomic E-state index is 11.6. The molecule has 0 saturated carbocycles. The fourth-order valence-electron chi connectivity index (χ4n) is 1.23. The van der Waals surface area contributed by atoms with Crippen LogP contribution in [-0.4, -0.2) is 35.3 Å². The highest BCUT2D eigenvalue weighted by molar-refractivity contribution is 8.08. The van der Waals surface area contributed by atoms with Crippen LogP contribution in [0.25, 0.3) is 0 Å². The van der Waals surface area contributed by atoms with Crippen LogP contribution >= 0.6 is 0 Å². The number of methoxy groups -OCH3 is 1. The number of nitrogen functional groups attached to an aromatic ring is 1. The monoisotopic (exact) mass is 294 g/mol. The molecular formula is C9H14N2O5S2. The summed E-state index contributed by atoms with van der Waals surface area (Å²) in [6.07, 6.45) is 0.834. The van der Waals surface area contributed by atoms with E-state index in [4.69, 9.17) is 10.5 Å². The van der Waals surface area contributed by atoms with Crippen molar-refractivity contribution in [1.29, 1.82) is 0 Å². The van der Waals surface area contributed by atoms with Crippen molar-refractivity contribution in [3.63, 3.8) is 0 Å². The van der Waals surface area contributed by atoms with Crippen molar-refractivity contribution in [2.75, 3.05) is 28.9 Å². The van der Waals surface area contributed by atoms with Gasteiger partial charge in [0.05, 0.1) is 18.5 Å². The first kappa shape index (κ1) is 14.6. The van der Waals surface area contributed by atoms with E-state index < -0.39 is 24.9 Å². The fourth-order valence-corrected chi connectivity index (χ4v) is 4.23. The van der Waals surface area contributed by atoms with Crippen LogP contribution in [0.2, 0.25) is 0 Å². The highest BCUT2D eigenvalue weighted by Gasteiger charge is 2.19. The zero-order valence-electron chi connectivity index (χ0n) is 9.87. The zero-order chi connectivity index (χ0) is 14.0. The summed E-state index contributed by atoms with van der Waals surface area (Å²) in [6, 6.07) is 4.38. The molecule has 102 valence electrons. The van der Waals surface area contributed by atoms with Gasteiger partial charge in [-0.1, -0.05) is 0 Å². The lowest BCUT2D eigenvalue weighted by molar-refractivity contribution is 0.415. The van der Waals surface area contributed by atoms with Crippen LogP contribution < -0.4 is 15.2 Å². The quantitative estimate of drug-likeness (QED) is 0.740. The Labute approximate surface area is 106 Å². The van der Waals surface area contributed by atoms with Gasteiger partial charge in [0.2, 0.25) is 10.0 Å². The van der Waals surface area contributed by atoms with Gasteiger partial charge in [0, 0.05) is 12.3 Å². The Morgan fingerprint density at radius 3 is 2.39 bits per heavy atom. The van der Waals surface area contributed by atoms with Crippen LogP contribution in [0.1, 0.15) is 0 Å². The van der Waals surface area contributed by atoms with Crippen molar-refractivity contribution in [2.45, 2.75) is 0 Å². The number of nitrogens with two attached hydrogens (primary N) is 1. The number of anilines is 2. The van der Waals surface area contributed by atoms with E-state index in [-0.39, 0.29) is 11.4 Å². The number of hydrogen-bond donors (Lipinski definition) is 2. The highest BCUT2D eigenvalue weighted by Crippen LogP contribution is 2.25. The average Bonchev–Trinajstić information content (AvgIpc) is 2.17. The van der Waals surface area contributed by atoms with Crippen molar-refractivity contribution in [3.05, 3.63) is 18.2 Å². The van der Waals surface area contributed by atoms with E-state index in [1.54, 1.807) is 6.07 Å². The van der Waals surface area contributed by atoms with Crippen LogP contribution in [0.4, 0.5) is 11.4 Å². The van der Waals surface area contributed by atoms with Gasteiger partial charge in [0.1, 0.15) is 5.75 Å². The minimum Gasteiger partial charge on any atom is -0.497 e. The van der Waals surface area contributed by atoms with E-state index in [1.807, 2.05) is 0 Å². The molecule has 0 unspecified atom stereocenters. The lowest BCUT2D eigenvalue weighted by atomic mass is 10.2. The number of ether oxygens (including phenoxy) is 1. The fraction of sp³-hybridized carbons (Fsp3) is 0.333. The van der Waals surface area contributed by atoms with E-state index in [9.17, 15) is 16.8 Å². The third-order valence-corrected chi connectivity index (χ3v) is 5.38. The number of sulfonamides is 1. The van der Waals surface area contributed by atoms with E-state index in [0.717, 1.165) is 6.26 Å². The molecule has 1 aromatic rings. The summed E-state index contributed by atoms with van der Waals surface area (Å²) in [5.41, 5.74) is 5.84. The summed E-state index contributed by atoms with van der Waals surface area (Å²) in [6.45, 7) is 0. The average molecular weight is 294 g/mol. The SMILES string of the molecule is COc1ccc(N)c(NS(=O)(=O)CS(C)(=O)=O)c1. The molecule has 18 heavy (non-hydrogen) atoms. The van der Waals surface area contributed by atoms with E-state index >= 15 is 0 Å². The predicted molar refractivity (Wildman–Crippen MR) is 69.7 cm³/mol. The van der Waals surface area contributed by atoms with Gasteiger partial charge in [-0.2, -0.15) is 0 Å². The molecule has 0 heterocycles. The van der Waals surface area contributed by atoms with Crippen LogP contribution in [0.3, 0.4) is 0 Å². The molecule has 7 nitrogen and oxygen atoms in total. The van der Waals surface area contributed by atoms with Gasteiger partial charge in [-0.15, -0.1) is 0 Å². The van der Waals surface area contributed by atoms with Gasteiger partial charge >= 0.3 is 0 Å².